The van der Waals surface area contributed by atoms with E-state index in [1.54, 1.807) is 24.1 Å². The van der Waals surface area contributed by atoms with E-state index in [9.17, 15) is 14.9 Å². The molecule has 2 aromatic rings. The van der Waals surface area contributed by atoms with Crippen molar-refractivity contribution in [2.75, 3.05) is 7.05 Å². The molecule has 0 saturated carbocycles. The molecule has 0 saturated heterocycles. The average Bonchev–Trinajstić information content (AvgIpc) is 2.55. The molecule has 0 heterocycles. The Bertz CT molecular complexity index is 674. The number of carbonyl (C=O) groups excluding carboxylic acids is 1. The van der Waals surface area contributed by atoms with Gasteiger partial charge in [-0.15, -0.1) is 11.8 Å². The molecular weight excluding hydrogens is 312 g/mol. The molecule has 1 amide bonds. The second kappa shape index (κ2) is 7.78. The maximum atomic E-state index is 12.4. The molecule has 2 rings (SSSR count). The van der Waals surface area contributed by atoms with Crippen LogP contribution in [0.15, 0.2) is 59.5 Å². The highest BCUT2D eigenvalue weighted by Gasteiger charge is 2.19. The van der Waals surface area contributed by atoms with Crippen LogP contribution in [-0.4, -0.2) is 28.0 Å². The molecule has 23 heavy (non-hydrogen) atoms. The monoisotopic (exact) mass is 330 g/mol. The summed E-state index contributed by atoms with van der Waals surface area (Å²) < 4.78 is 0. The minimum atomic E-state index is -0.434. The minimum absolute atomic E-state index is 0.0252. The maximum absolute atomic E-state index is 12.4. The highest BCUT2D eigenvalue weighted by molar-refractivity contribution is 8.00. The zero-order valence-corrected chi connectivity index (χ0v) is 13.8. The van der Waals surface area contributed by atoms with E-state index in [4.69, 9.17) is 0 Å². The third-order valence-electron chi connectivity index (χ3n) is 3.35. The van der Waals surface area contributed by atoms with Crippen molar-refractivity contribution in [1.82, 2.24) is 4.90 Å². The van der Waals surface area contributed by atoms with Crippen molar-refractivity contribution in [3.8, 4) is 0 Å². The van der Waals surface area contributed by atoms with Crippen LogP contribution in [0.2, 0.25) is 0 Å². The zero-order valence-electron chi connectivity index (χ0n) is 13.0. The summed E-state index contributed by atoms with van der Waals surface area (Å²) in [6, 6.07) is 16.0. The summed E-state index contributed by atoms with van der Waals surface area (Å²) in [5.41, 5.74) is 1.13. The number of thioether (sulfide) groups is 1. The van der Waals surface area contributed by atoms with Crippen LogP contribution in [0.5, 0.6) is 0 Å². The van der Waals surface area contributed by atoms with Gasteiger partial charge in [0.25, 0.3) is 5.69 Å². The molecule has 0 spiro atoms. The fourth-order valence-electron chi connectivity index (χ4n) is 2.15. The molecule has 0 radical (unpaired) electrons. The lowest BCUT2D eigenvalue weighted by molar-refractivity contribution is -0.384. The maximum Gasteiger partial charge on any atom is 0.269 e. The molecule has 5 nitrogen and oxygen atoms in total. The van der Waals surface area contributed by atoms with E-state index in [-0.39, 0.29) is 16.8 Å². The molecular formula is C17H18N2O3S. The molecule has 0 fully saturated rings. The number of amides is 1. The molecule has 6 heteroatoms. The SMILES string of the molecule is CC(Sc1ccc([N+](=O)[O-])cc1)C(=O)N(C)Cc1ccccc1. The Morgan fingerprint density at radius 2 is 1.78 bits per heavy atom. The minimum Gasteiger partial charge on any atom is -0.340 e. The van der Waals surface area contributed by atoms with Crippen molar-refractivity contribution in [2.45, 2.75) is 23.6 Å². The predicted octanol–water partition coefficient (Wildman–Crippen LogP) is 3.73. The van der Waals surface area contributed by atoms with Crippen molar-refractivity contribution in [2.24, 2.45) is 0 Å². The lowest BCUT2D eigenvalue weighted by Gasteiger charge is -2.21. The second-order valence-corrected chi connectivity index (χ2v) is 6.61. The van der Waals surface area contributed by atoms with Crippen molar-refractivity contribution in [3.63, 3.8) is 0 Å². The number of hydrogen-bond donors (Lipinski definition) is 0. The molecule has 1 unspecified atom stereocenters. The topological polar surface area (TPSA) is 63.5 Å². The van der Waals surface area contributed by atoms with E-state index in [0.29, 0.717) is 6.54 Å². The molecule has 0 N–H and O–H groups in total. The molecule has 0 aliphatic heterocycles. The third-order valence-corrected chi connectivity index (χ3v) is 4.45. The highest BCUT2D eigenvalue weighted by atomic mass is 32.2. The summed E-state index contributed by atoms with van der Waals surface area (Å²) >= 11 is 1.40. The number of hydrogen-bond acceptors (Lipinski definition) is 4. The van der Waals surface area contributed by atoms with Crippen LogP contribution >= 0.6 is 11.8 Å². The van der Waals surface area contributed by atoms with Crippen molar-refractivity contribution < 1.29 is 9.72 Å². The summed E-state index contributed by atoms with van der Waals surface area (Å²) in [5.74, 6) is 0.0252. The largest absolute Gasteiger partial charge is 0.340 e. The van der Waals surface area contributed by atoms with Crippen LogP contribution < -0.4 is 0 Å². The van der Waals surface area contributed by atoms with E-state index >= 15 is 0 Å². The van der Waals surface area contributed by atoms with E-state index in [1.165, 1.54) is 23.9 Å². The molecule has 2 aromatic carbocycles. The molecule has 0 aliphatic carbocycles. The first-order valence-corrected chi connectivity index (χ1v) is 8.05. The van der Waals surface area contributed by atoms with E-state index in [1.807, 2.05) is 37.3 Å². The predicted molar refractivity (Wildman–Crippen MR) is 91.3 cm³/mol. The summed E-state index contributed by atoms with van der Waals surface area (Å²) in [5, 5.41) is 10.4. The van der Waals surface area contributed by atoms with Crippen LogP contribution in [0.25, 0.3) is 0 Å². The first-order valence-electron chi connectivity index (χ1n) is 7.17. The Morgan fingerprint density at radius 3 is 2.35 bits per heavy atom. The van der Waals surface area contributed by atoms with Gasteiger partial charge in [-0.05, 0) is 24.6 Å². The van der Waals surface area contributed by atoms with Gasteiger partial charge < -0.3 is 4.90 Å². The van der Waals surface area contributed by atoms with E-state index < -0.39 is 4.92 Å². The van der Waals surface area contributed by atoms with Gasteiger partial charge in [-0.2, -0.15) is 0 Å². The van der Waals surface area contributed by atoms with Crippen LogP contribution in [0.3, 0.4) is 0 Å². The molecule has 0 aromatic heterocycles. The Labute approximate surface area is 139 Å². The first kappa shape index (κ1) is 17.0. The highest BCUT2D eigenvalue weighted by Crippen LogP contribution is 2.26. The number of rotatable bonds is 6. The smallest absolute Gasteiger partial charge is 0.269 e. The number of nitrogens with zero attached hydrogens (tertiary/aromatic N) is 2. The Balaban J connectivity index is 1.95. The number of carbonyl (C=O) groups is 1. The van der Waals surface area contributed by atoms with Crippen molar-refractivity contribution in [1.29, 1.82) is 0 Å². The van der Waals surface area contributed by atoms with Crippen LogP contribution in [0.4, 0.5) is 5.69 Å². The standard InChI is InChI=1S/C17H18N2O3S/c1-13(23-16-10-8-15(9-11-16)19(21)22)17(20)18(2)12-14-6-4-3-5-7-14/h3-11,13H,12H2,1-2H3. The summed E-state index contributed by atoms with van der Waals surface area (Å²) in [6.07, 6.45) is 0. The molecule has 1 atom stereocenters. The van der Waals surface area contributed by atoms with Gasteiger partial charge in [0.15, 0.2) is 0 Å². The van der Waals surface area contributed by atoms with Gasteiger partial charge in [0, 0.05) is 30.6 Å². The molecule has 120 valence electrons. The van der Waals surface area contributed by atoms with E-state index in [2.05, 4.69) is 0 Å². The normalized spacial score (nSPS) is 11.7. The average molecular weight is 330 g/mol. The fraction of sp³-hybridized carbons (Fsp3) is 0.235. The lowest BCUT2D eigenvalue weighted by atomic mass is 10.2. The van der Waals surface area contributed by atoms with Gasteiger partial charge in [-0.3, -0.25) is 14.9 Å². The van der Waals surface area contributed by atoms with Gasteiger partial charge in [0.05, 0.1) is 10.2 Å². The summed E-state index contributed by atoms with van der Waals surface area (Å²) in [6.45, 7) is 2.40. The van der Waals surface area contributed by atoms with Gasteiger partial charge in [0.1, 0.15) is 0 Å². The van der Waals surface area contributed by atoms with E-state index in [0.717, 1.165) is 10.5 Å². The first-order chi connectivity index (χ1) is 11.0. The lowest BCUT2D eigenvalue weighted by Crippen LogP contribution is -2.32. The Kier molecular flexibility index (Phi) is 5.76. The van der Waals surface area contributed by atoms with Crippen LogP contribution in [0.1, 0.15) is 12.5 Å². The molecule has 0 bridgehead atoms. The van der Waals surface area contributed by atoms with Crippen molar-refractivity contribution >= 4 is 23.4 Å². The van der Waals surface area contributed by atoms with Gasteiger partial charge in [-0.1, -0.05) is 30.3 Å². The Hall–Kier alpha value is -2.34. The van der Waals surface area contributed by atoms with Gasteiger partial charge in [-0.25, -0.2) is 0 Å². The quantitative estimate of drug-likeness (QED) is 0.460. The molecule has 0 aliphatic rings. The van der Waals surface area contributed by atoms with Gasteiger partial charge >= 0.3 is 0 Å². The number of non-ortho nitro benzene ring substituents is 1. The summed E-state index contributed by atoms with van der Waals surface area (Å²) in [7, 11) is 1.78. The number of nitro groups is 1. The van der Waals surface area contributed by atoms with Crippen molar-refractivity contribution in [3.05, 3.63) is 70.3 Å². The summed E-state index contributed by atoms with van der Waals surface area (Å²) in [4.78, 5) is 25.2. The Morgan fingerprint density at radius 1 is 1.17 bits per heavy atom. The van der Waals surface area contributed by atoms with Crippen LogP contribution in [-0.2, 0) is 11.3 Å². The van der Waals surface area contributed by atoms with Crippen LogP contribution in [0, 0.1) is 10.1 Å². The second-order valence-electron chi connectivity index (χ2n) is 5.19. The van der Waals surface area contributed by atoms with Gasteiger partial charge in [0.2, 0.25) is 5.91 Å². The fourth-order valence-corrected chi connectivity index (χ4v) is 3.13. The number of nitro benzene ring substituents is 1. The third kappa shape index (κ3) is 4.82. The number of benzene rings is 2. The zero-order chi connectivity index (χ0) is 16.8.